The molecule has 0 aromatic heterocycles. The Labute approximate surface area is 66.6 Å². The quantitative estimate of drug-likeness (QED) is 0.464. The number of aliphatic hydroxyl groups excluding tert-OH is 2. The fraction of sp³-hybridized carbons (Fsp3) is 1.00. The van der Waals surface area contributed by atoms with Gasteiger partial charge in [-0.2, -0.15) is 0 Å². The minimum atomic E-state index is -0.194. The molecule has 0 amide bonds. The van der Waals surface area contributed by atoms with Crippen LogP contribution < -0.4 is 5.73 Å². The van der Waals surface area contributed by atoms with E-state index in [1.807, 2.05) is 0 Å². The van der Waals surface area contributed by atoms with Crippen LogP contribution >= 0.6 is 0 Å². The highest BCUT2D eigenvalue weighted by Gasteiger charge is 2.20. The van der Waals surface area contributed by atoms with Gasteiger partial charge in [-0.3, -0.25) is 4.90 Å². The molecule has 1 saturated heterocycles. The van der Waals surface area contributed by atoms with Gasteiger partial charge in [0.05, 0.1) is 12.7 Å². The molecule has 1 aliphatic rings. The number of aliphatic hydroxyl groups is 2. The minimum absolute atomic E-state index is 0.0204. The van der Waals surface area contributed by atoms with Crippen LogP contribution in [0, 0.1) is 0 Å². The molecule has 1 aliphatic heterocycles. The minimum Gasteiger partial charge on any atom is -0.395 e. The number of nitrogens with two attached hydrogens (primary N) is 1. The highest BCUT2D eigenvalue weighted by Crippen LogP contribution is 2.07. The Balaban J connectivity index is 2.17. The highest BCUT2D eigenvalue weighted by molar-refractivity contribution is 4.77. The third-order valence-corrected chi connectivity index (χ3v) is 1.97. The van der Waals surface area contributed by atoms with Gasteiger partial charge in [0, 0.05) is 25.7 Å². The zero-order chi connectivity index (χ0) is 8.27. The van der Waals surface area contributed by atoms with Gasteiger partial charge in [0.25, 0.3) is 0 Å². The Bertz CT molecular complexity index is 121. The van der Waals surface area contributed by atoms with E-state index < -0.39 is 0 Å². The van der Waals surface area contributed by atoms with Gasteiger partial charge >= 0.3 is 0 Å². The maximum atomic E-state index is 9.14. The molecule has 2 unspecified atom stereocenters. The molecular formula is C7H16N2O2. The van der Waals surface area contributed by atoms with Crippen LogP contribution in [0.15, 0.2) is 0 Å². The number of rotatable bonds is 3. The molecule has 2 atom stereocenters. The Kier molecular flexibility index (Phi) is 3.26. The van der Waals surface area contributed by atoms with Gasteiger partial charge in [-0.15, -0.1) is 0 Å². The fourth-order valence-electron chi connectivity index (χ4n) is 1.37. The molecule has 1 rings (SSSR count). The summed E-state index contributed by atoms with van der Waals surface area (Å²) in [4.78, 5) is 2.07. The molecule has 0 aromatic carbocycles. The molecule has 1 fully saturated rings. The molecular weight excluding hydrogens is 144 g/mol. The summed E-state index contributed by atoms with van der Waals surface area (Å²) >= 11 is 0. The second-order valence-corrected chi connectivity index (χ2v) is 3.14. The first-order valence-electron chi connectivity index (χ1n) is 3.99. The van der Waals surface area contributed by atoms with Crippen molar-refractivity contribution in [3.8, 4) is 0 Å². The van der Waals surface area contributed by atoms with Crippen molar-refractivity contribution in [2.24, 2.45) is 5.73 Å². The fourth-order valence-corrected chi connectivity index (χ4v) is 1.37. The first kappa shape index (κ1) is 8.93. The topological polar surface area (TPSA) is 69.7 Å². The summed E-state index contributed by atoms with van der Waals surface area (Å²) in [6.45, 7) is 2.31. The van der Waals surface area contributed by atoms with Crippen molar-refractivity contribution >= 4 is 0 Å². The Morgan fingerprint density at radius 3 is 2.82 bits per heavy atom. The molecule has 0 spiro atoms. The van der Waals surface area contributed by atoms with E-state index in [1.165, 1.54) is 0 Å². The van der Waals surface area contributed by atoms with E-state index in [-0.39, 0.29) is 18.8 Å². The van der Waals surface area contributed by atoms with Crippen molar-refractivity contribution < 1.29 is 10.2 Å². The summed E-state index contributed by atoms with van der Waals surface area (Å²) < 4.78 is 0. The van der Waals surface area contributed by atoms with Gasteiger partial charge in [0.15, 0.2) is 0 Å². The van der Waals surface area contributed by atoms with Crippen LogP contribution in [-0.4, -0.2) is 53.5 Å². The van der Waals surface area contributed by atoms with Gasteiger partial charge in [0.1, 0.15) is 0 Å². The van der Waals surface area contributed by atoms with Gasteiger partial charge in [0.2, 0.25) is 0 Å². The van der Waals surface area contributed by atoms with E-state index in [2.05, 4.69) is 4.90 Å². The lowest BCUT2D eigenvalue weighted by Crippen LogP contribution is -2.38. The SMILES string of the molecule is NC(CO)CN1CCC(O)C1. The number of nitrogens with zero attached hydrogens (tertiary/aromatic N) is 1. The zero-order valence-corrected chi connectivity index (χ0v) is 6.61. The van der Waals surface area contributed by atoms with Crippen LogP contribution in [0.2, 0.25) is 0 Å². The predicted molar refractivity (Wildman–Crippen MR) is 42.1 cm³/mol. The average molecular weight is 160 g/mol. The number of likely N-dealkylation sites (tertiary alicyclic amines) is 1. The molecule has 1 heterocycles. The lowest BCUT2D eigenvalue weighted by atomic mass is 10.3. The monoisotopic (exact) mass is 160 g/mol. The van der Waals surface area contributed by atoms with E-state index in [9.17, 15) is 0 Å². The molecule has 0 saturated carbocycles. The molecule has 4 heteroatoms. The predicted octanol–water partition coefficient (Wildman–Crippen LogP) is -1.63. The van der Waals surface area contributed by atoms with E-state index >= 15 is 0 Å². The van der Waals surface area contributed by atoms with Crippen molar-refractivity contribution in [2.75, 3.05) is 26.2 Å². The molecule has 11 heavy (non-hydrogen) atoms. The van der Waals surface area contributed by atoms with Crippen LogP contribution in [-0.2, 0) is 0 Å². The first-order valence-corrected chi connectivity index (χ1v) is 3.99. The molecule has 4 N–H and O–H groups in total. The largest absolute Gasteiger partial charge is 0.395 e. The normalized spacial score (nSPS) is 29.2. The molecule has 66 valence electrons. The van der Waals surface area contributed by atoms with E-state index in [1.54, 1.807) is 0 Å². The van der Waals surface area contributed by atoms with Gasteiger partial charge in [-0.05, 0) is 6.42 Å². The number of hydrogen-bond donors (Lipinski definition) is 3. The highest BCUT2D eigenvalue weighted by atomic mass is 16.3. The molecule has 0 radical (unpaired) electrons. The summed E-state index contributed by atoms with van der Waals surface area (Å²) in [5, 5.41) is 17.8. The van der Waals surface area contributed by atoms with Gasteiger partial charge in [-0.25, -0.2) is 0 Å². The van der Waals surface area contributed by atoms with Gasteiger partial charge < -0.3 is 15.9 Å². The van der Waals surface area contributed by atoms with E-state index in [0.717, 1.165) is 13.0 Å². The van der Waals surface area contributed by atoms with Crippen molar-refractivity contribution in [1.82, 2.24) is 4.90 Å². The maximum Gasteiger partial charge on any atom is 0.0679 e. The van der Waals surface area contributed by atoms with Crippen LogP contribution in [0.1, 0.15) is 6.42 Å². The molecule has 0 bridgehead atoms. The number of β-amino-alcohol motifs (C(OH)–C–C–N with tert-alkyl or cyclic N) is 1. The van der Waals surface area contributed by atoms with Crippen LogP contribution in [0.4, 0.5) is 0 Å². The Morgan fingerprint density at radius 2 is 2.36 bits per heavy atom. The average Bonchev–Trinajstić information content (AvgIpc) is 2.35. The summed E-state index contributed by atoms with van der Waals surface area (Å²) in [5.41, 5.74) is 5.52. The molecule has 0 aliphatic carbocycles. The van der Waals surface area contributed by atoms with Crippen molar-refractivity contribution in [1.29, 1.82) is 0 Å². The van der Waals surface area contributed by atoms with Crippen LogP contribution in [0.5, 0.6) is 0 Å². The summed E-state index contributed by atoms with van der Waals surface area (Å²) in [6.07, 6.45) is 0.638. The third-order valence-electron chi connectivity index (χ3n) is 1.97. The second-order valence-electron chi connectivity index (χ2n) is 3.14. The van der Waals surface area contributed by atoms with Crippen molar-refractivity contribution in [2.45, 2.75) is 18.6 Å². The Hall–Kier alpha value is -0.160. The lowest BCUT2D eigenvalue weighted by molar-refractivity contribution is 0.166. The third kappa shape index (κ3) is 2.75. The maximum absolute atomic E-state index is 9.14. The Morgan fingerprint density at radius 1 is 1.64 bits per heavy atom. The van der Waals surface area contributed by atoms with Crippen LogP contribution in [0.25, 0.3) is 0 Å². The molecule has 4 nitrogen and oxygen atoms in total. The first-order chi connectivity index (χ1) is 5.22. The number of hydrogen-bond acceptors (Lipinski definition) is 4. The smallest absolute Gasteiger partial charge is 0.0679 e. The van der Waals surface area contributed by atoms with Crippen LogP contribution in [0.3, 0.4) is 0 Å². The standard InChI is InChI=1S/C7H16N2O2/c8-6(5-10)3-9-2-1-7(11)4-9/h6-7,10-11H,1-5,8H2. The lowest BCUT2D eigenvalue weighted by Gasteiger charge is -2.18. The second kappa shape index (κ2) is 4.01. The zero-order valence-electron chi connectivity index (χ0n) is 6.61. The van der Waals surface area contributed by atoms with E-state index in [0.29, 0.717) is 13.1 Å². The van der Waals surface area contributed by atoms with E-state index in [4.69, 9.17) is 15.9 Å². The summed E-state index contributed by atoms with van der Waals surface area (Å²) in [6, 6.07) is -0.166. The van der Waals surface area contributed by atoms with Crippen molar-refractivity contribution in [3.05, 3.63) is 0 Å². The van der Waals surface area contributed by atoms with Crippen molar-refractivity contribution in [3.63, 3.8) is 0 Å². The molecule has 0 aromatic rings. The summed E-state index contributed by atoms with van der Waals surface area (Å²) in [7, 11) is 0. The van der Waals surface area contributed by atoms with Gasteiger partial charge in [-0.1, -0.05) is 0 Å². The summed E-state index contributed by atoms with van der Waals surface area (Å²) in [5.74, 6) is 0.